The maximum Gasteiger partial charge on any atom is 0.257 e. The number of hydrogen-bond donors (Lipinski definition) is 1. The van der Waals surface area contributed by atoms with Crippen molar-refractivity contribution in [2.24, 2.45) is 5.73 Å². The topological polar surface area (TPSA) is 64.9 Å². The van der Waals surface area contributed by atoms with Crippen molar-refractivity contribution in [3.05, 3.63) is 34.6 Å². The highest BCUT2D eigenvalue weighted by atomic mass is 35.5. The van der Waals surface area contributed by atoms with Gasteiger partial charge in [-0.05, 0) is 37.1 Å². The molecule has 90 valence electrons. The van der Waals surface area contributed by atoms with Gasteiger partial charge in [0.2, 0.25) is 0 Å². The van der Waals surface area contributed by atoms with Crippen LogP contribution in [0.4, 0.5) is 0 Å². The maximum absolute atomic E-state index is 5.96. The van der Waals surface area contributed by atoms with Gasteiger partial charge in [0.15, 0.2) is 5.82 Å². The standard InChI is InChI=1S/C12H14ClN3O/c1-3-10(14)11-15-12(17-16-11)8-4-5-9(13)7(2)6-8/h4-6,10H,3,14H2,1-2H3. The van der Waals surface area contributed by atoms with Crippen molar-refractivity contribution in [2.45, 2.75) is 26.3 Å². The summed E-state index contributed by atoms with van der Waals surface area (Å²) in [7, 11) is 0. The molecular formula is C12H14ClN3O. The molecule has 1 aromatic heterocycles. The third-order valence-corrected chi connectivity index (χ3v) is 3.04. The molecule has 0 radical (unpaired) electrons. The summed E-state index contributed by atoms with van der Waals surface area (Å²) in [5.74, 6) is 1.01. The number of aryl methyl sites for hydroxylation is 1. The Bertz CT molecular complexity index is 524. The highest BCUT2D eigenvalue weighted by Gasteiger charge is 2.14. The van der Waals surface area contributed by atoms with Crippen LogP contribution in [0.5, 0.6) is 0 Å². The van der Waals surface area contributed by atoms with E-state index in [0.717, 1.165) is 22.6 Å². The minimum atomic E-state index is -0.180. The zero-order valence-electron chi connectivity index (χ0n) is 9.77. The van der Waals surface area contributed by atoms with E-state index in [1.54, 1.807) is 0 Å². The molecule has 0 saturated carbocycles. The number of halogens is 1. The van der Waals surface area contributed by atoms with Gasteiger partial charge in [0.05, 0.1) is 6.04 Å². The molecular weight excluding hydrogens is 238 g/mol. The summed E-state index contributed by atoms with van der Waals surface area (Å²) in [5, 5.41) is 4.59. The summed E-state index contributed by atoms with van der Waals surface area (Å²) in [5.41, 5.74) is 7.66. The number of nitrogens with two attached hydrogens (primary N) is 1. The van der Waals surface area contributed by atoms with Crippen LogP contribution in [0.2, 0.25) is 5.02 Å². The molecule has 1 unspecified atom stereocenters. The largest absolute Gasteiger partial charge is 0.334 e. The zero-order valence-corrected chi connectivity index (χ0v) is 10.5. The zero-order chi connectivity index (χ0) is 12.4. The van der Waals surface area contributed by atoms with Gasteiger partial charge in [0.1, 0.15) is 0 Å². The summed E-state index contributed by atoms with van der Waals surface area (Å²) in [6, 6.07) is 5.40. The Kier molecular flexibility index (Phi) is 3.45. The van der Waals surface area contributed by atoms with Crippen LogP contribution in [0.15, 0.2) is 22.7 Å². The molecule has 0 amide bonds. The van der Waals surface area contributed by atoms with Crippen LogP contribution >= 0.6 is 11.6 Å². The molecule has 0 aliphatic carbocycles. The molecule has 0 aliphatic heterocycles. The van der Waals surface area contributed by atoms with Gasteiger partial charge in [-0.1, -0.05) is 23.7 Å². The second-order valence-corrected chi connectivity index (χ2v) is 4.34. The average Bonchev–Trinajstić information content (AvgIpc) is 2.81. The summed E-state index contributed by atoms with van der Waals surface area (Å²) < 4.78 is 5.18. The fourth-order valence-corrected chi connectivity index (χ4v) is 1.58. The van der Waals surface area contributed by atoms with Crippen LogP contribution in [0.1, 0.15) is 30.8 Å². The van der Waals surface area contributed by atoms with E-state index >= 15 is 0 Å². The summed E-state index contributed by atoms with van der Waals surface area (Å²) in [4.78, 5) is 4.28. The Labute approximate surface area is 105 Å². The van der Waals surface area contributed by atoms with Gasteiger partial charge in [-0.2, -0.15) is 4.98 Å². The van der Waals surface area contributed by atoms with Crippen LogP contribution in [-0.4, -0.2) is 10.1 Å². The molecule has 4 nitrogen and oxygen atoms in total. The lowest BCUT2D eigenvalue weighted by atomic mass is 10.1. The van der Waals surface area contributed by atoms with Gasteiger partial charge in [-0.3, -0.25) is 0 Å². The molecule has 0 aliphatic rings. The predicted octanol–water partition coefficient (Wildman–Crippen LogP) is 3.11. The second kappa shape index (κ2) is 4.85. The Hall–Kier alpha value is -1.39. The fraction of sp³-hybridized carbons (Fsp3) is 0.333. The fourth-order valence-electron chi connectivity index (χ4n) is 1.46. The van der Waals surface area contributed by atoms with Crippen molar-refractivity contribution in [1.82, 2.24) is 10.1 Å². The first-order valence-electron chi connectivity index (χ1n) is 5.47. The van der Waals surface area contributed by atoms with Crippen molar-refractivity contribution in [2.75, 3.05) is 0 Å². The van der Waals surface area contributed by atoms with Crippen LogP contribution in [0.25, 0.3) is 11.5 Å². The van der Waals surface area contributed by atoms with Gasteiger partial charge in [0, 0.05) is 10.6 Å². The number of hydrogen-bond acceptors (Lipinski definition) is 4. The third kappa shape index (κ3) is 2.48. The smallest absolute Gasteiger partial charge is 0.257 e. The van der Waals surface area contributed by atoms with Gasteiger partial charge >= 0.3 is 0 Å². The minimum absolute atomic E-state index is 0.180. The van der Waals surface area contributed by atoms with E-state index in [-0.39, 0.29) is 6.04 Å². The maximum atomic E-state index is 5.96. The molecule has 1 atom stereocenters. The van der Waals surface area contributed by atoms with Crippen LogP contribution in [0, 0.1) is 6.92 Å². The molecule has 1 heterocycles. The first-order valence-corrected chi connectivity index (χ1v) is 5.85. The minimum Gasteiger partial charge on any atom is -0.334 e. The lowest BCUT2D eigenvalue weighted by molar-refractivity contribution is 0.415. The van der Waals surface area contributed by atoms with Crippen molar-refractivity contribution in [3.8, 4) is 11.5 Å². The van der Waals surface area contributed by atoms with E-state index in [9.17, 15) is 0 Å². The Morgan fingerprint density at radius 1 is 1.47 bits per heavy atom. The predicted molar refractivity (Wildman–Crippen MR) is 66.7 cm³/mol. The van der Waals surface area contributed by atoms with Crippen LogP contribution < -0.4 is 5.73 Å². The van der Waals surface area contributed by atoms with E-state index in [1.807, 2.05) is 32.0 Å². The first kappa shape index (κ1) is 12.1. The van der Waals surface area contributed by atoms with E-state index in [4.69, 9.17) is 21.9 Å². The molecule has 0 saturated heterocycles. The van der Waals surface area contributed by atoms with E-state index in [1.165, 1.54) is 0 Å². The number of aromatic nitrogens is 2. The van der Waals surface area contributed by atoms with E-state index in [2.05, 4.69) is 10.1 Å². The Balaban J connectivity index is 2.33. The highest BCUT2D eigenvalue weighted by molar-refractivity contribution is 6.31. The Morgan fingerprint density at radius 2 is 2.24 bits per heavy atom. The molecule has 0 fully saturated rings. The molecule has 2 aromatic rings. The summed E-state index contributed by atoms with van der Waals surface area (Å²) in [6.07, 6.45) is 0.776. The second-order valence-electron chi connectivity index (χ2n) is 3.94. The van der Waals surface area contributed by atoms with Gasteiger partial charge < -0.3 is 10.3 Å². The molecule has 1 aromatic carbocycles. The average molecular weight is 252 g/mol. The summed E-state index contributed by atoms with van der Waals surface area (Å²) >= 11 is 5.96. The molecule has 0 spiro atoms. The number of nitrogens with zero attached hydrogens (tertiary/aromatic N) is 2. The molecule has 0 bridgehead atoms. The normalized spacial score (nSPS) is 12.7. The van der Waals surface area contributed by atoms with Gasteiger partial charge in [-0.25, -0.2) is 0 Å². The van der Waals surface area contributed by atoms with Crippen LogP contribution in [0.3, 0.4) is 0 Å². The highest BCUT2D eigenvalue weighted by Crippen LogP contribution is 2.24. The lowest BCUT2D eigenvalue weighted by Crippen LogP contribution is -2.10. The van der Waals surface area contributed by atoms with Gasteiger partial charge in [-0.15, -0.1) is 0 Å². The molecule has 2 rings (SSSR count). The molecule has 2 N–H and O–H groups in total. The van der Waals surface area contributed by atoms with Crippen molar-refractivity contribution >= 4 is 11.6 Å². The Morgan fingerprint density at radius 3 is 2.88 bits per heavy atom. The van der Waals surface area contributed by atoms with Crippen molar-refractivity contribution < 1.29 is 4.52 Å². The number of rotatable bonds is 3. The van der Waals surface area contributed by atoms with E-state index in [0.29, 0.717) is 11.7 Å². The number of benzene rings is 1. The van der Waals surface area contributed by atoms with Gasteiger partial charge in [0.25, 0.3) is 5.89 Å². The quantitative estimate of drug-likeness (QED) is 0.910. The molecule has 17 heavy (non-hydrogen) atoms. The first-order chi connectivity index (χ1) is 8.11. The van der Waals surface area contributed by atoms with Crippen molar-refractivity contribution in [1.29, 1.82) is 0 Å². The SMILES string of the molecule is CCC(N)c1noc(-c2ccc(Cl)c(C)c2)n1. The summed E-state index contributed by atoms with van der Waals surface area (Å²) in [6.45, 7) is 3.91. The van der Waals surface area contributed by atoms with E-state index < -0.39 is 0 Å². The molecule has 5 heteroatoms. The third-order valence-electron chi connectivity index (χ3n) is 2.62. The van der Waals surface area contributed by atoms with Crippen molar-refractivity contribution in [3.63, 3.8) is 0 Å². The van der Waals surface area contributed by atoms with Crippen LogP contribution in [-0.2, 0) is 0 Å². The monoisotopic (exact) mass is 251 g/mol. The lowest BCUT2D eigenvalue weighted by Gasteiger charge is -2.00.